The molecule has 0 aromatic carbocycles. The van der Waals surface area contributed by atoms with Gasteiger partial charge in [0.15, 0.2) is 24.6 Å². The lowest BCUT2D eigenvalue weighted by Crippen LogP contribution is -2.61. The Morgan fingerprint density at radius 2 is 0.823 bits per heavy atom. The standard InChI is InChI=1S/C67H112O12/c1-4-7-10-13-16-19-22-24-26-28-30-32-34-36-39-41-44-47-50-53-59(68)75-56-58(77-60(69)54-51-48-45-42-38-21-18-15-12-9-6-3)57-76-67-65(63(72)62(71)64(79-67)66(73)74)78-61(70)55-52-49-46-43-40-37-35-33-31-29-27-25-23-20-17-14-11-8-5-2/h8,11,17,20,24-27,31,33,37,40,46,49,58,62-65,67,71-72H,4-7,9-10,12-16,18-19,21-23,28-30,32,34-36,38-39,41-45,47-48,50-57H2,1-3H3,(H,73,74)/b11-8-,20-17-,26-24-,27-25-,33-31-,40-37-,49-46-. The van der Waals surface area contributed by atoms with Crippen LogP contribution in [0, 0.1) is 0 Å². The Labute approximate surface area is 480 Å². The molecule has 0 amide bonds. The molecule has 0 aromatic rings. The number of allylic oxidation sites excluding steroid dienone is 14. The monoisotopic (exact) mass is 1110 g/mol. The van der Waals surface area contributed by atoms with Crippen molar-refractivity contribution in [1.29, 1.82) is 0 Å². The zero-order valence-electron chi connectivity index (χ0n) is 49.8. The Kier molecular flexibility index (Phi) is 50.3. The first-order valence-corrected chi connectivity index (χ1v) is 31.6. The molecule has 1 saturated heterocycles. The molecule has 0 aliphatic carbocycles. The molecule has 1 fully saturated rings. The fourth-order valence-electron chi connectivity index (χ4n) is 9.15. The van der Waals surface area contributed by atoms with E-state index in [-0.39, 0.29) is 25.9 Å². The minimum absolute atomic E-state index is 0.0660. The normalized spacial score (nSPS) is 18.4. The molecule has 1 heterocycles. The summed E-state index contributed by atoms with van der Waals surface area (Å²) in [5.74, 6) is -3.22. The van der Waals surface area contributed by atoms with Crippen molar-refractivity contribution in [3.8, 4) is 0 Å². The minimum atomic E-state index is -1.93. The third-order valence-electron chi connectivity index (χ3n) is 14.0. The van der Waals surface area contributed by atoms with Gasteiger partial charge < -0.3 is 39.0 Å². The summed E-state index contributed by atoms with van der Waals surface area (Å²) in [4.78, 5) is 51.2. The molecule has 0 aromatic heterocycles. The lowest BCUT2D eigenvalue weighted by atomic mass is 9.98. The molecule has 12 heteroatoms. The van der Waals surface area contributed by atoms with Gasteiger partial charge in [-0.3, -0.25) is 14.4 Å². The van der Waals surface area contributed by atoms with Crippen molar-refractivity contribution in [2.45, 2.75) is 302 Å². The summed E-state index contributed by atoms with van der Waals surface area (Å²) < 4.78 is 28.4. The molecule has 1 aliphatic heterocycles. The van der Waals surface area contributed by atoms with Crippen molar-refractivity contribution >= 4 is 23.9 Å². The van der Waals surface area contributed by atoms with Crippen LogP contribution in [0.5, 0.6) is 0 Å². The molecule has 12 nitrogen and oxygen atoms in total. The molecule has 1 rings (SSSR count). The van der Waals surface area contributed by atoms with E-state index < -0.39 is 67.3 Å². The number of hydrogen-bond donors (Lipinski definition) is 3. The number of aliphatic hydroxyl groups is 2. The topological polar surface area (TPSA) is 175 Å². The highest BCUT2D eigenvalue weighted by atomic mass is 16.7. The van der Waals surface area contributed by atoms with Gasteiger partial charge in [-0.1, -0.05) is 247 Å². The maximum atomic E-state index is 13.1. The minimum Gasteiger partial charge on any atom is -0.479 e. The number of hydrogen-bond acceptors (Lipinski definition) is 11. The van der Waals surface area contributed by atoms with Gasteiger partial charge in [-0.25, -0.2) is 4.79 Å². The molecule has 0 bridgehead atoms. The van der Waals surface area contributed by atoms with Crippen molar-refractivity contribution in [2.75, 3.05) is 13.2 Å². The van der Waals surface area contributed by atoms with Crippen LogP contribution in [-0.4, -0.2) is 89.2 Å². The number of carboxylic acid groups (broad SMARTS) is 1. The van der Waals surface area contributed by atoms with Gasteiger partial charge >= 0.3 is 23.9 Å². The molecule has 0 radical (unpaired) electrons. The predicted octanol–water partition coefficient (Wildman–Crippen LogP) is 16.7. The van der Waals surface area contributed by atoms with Gasteiger partial charge in [0.1, 0.15) is 18.8 Å². The number of ether oxygens (including phenoxy) is 5. The summed E-state index contributed by atoms with van der Waals surface area (Å²) in [5, 5.41) is 31.5. The van der Waals surface area contributed by atoms with Crippen molar-refractivity contribution < 1.29 is 58.2 Å². The van der Waals surface area contributed by atoms with Crippen molar-refractivity contribution in [3.63, 3.8) is 0 Å². The number of esters is 3. The maximum Gasteiger partial charge on any atom is 0.335 e. The van der Waals surface area contributed by atoms with Crippen molar-refractivity contribution in [2.24, 2.45) is 0 Å². The third kappa shape index (κ3) is 44.3. The van der Waals surface area contributed by atoms with Crippen LogP contribution in [0.4, 0.5) is 0 Å². The van der Waals surface area contributed by atoms with Gasteiger partial charge in [-0.15, -0.1) is 0 Å². The Bertz CT molecular complexity index is 1700. The van der Waals surface area contributed by atoms with Gasteiger partial charge in [0.25, 0.3) is 0 Å². The Morgan fingerprint density at radius 1 is 0.430 bits per heavy atom. The Morgan fingerprint density at radius 3 is 1.27 bits per heavy atom. The molecule has 6 atom stereocenters. The summed E-state index contributed by atoms with van der Waals surface area (Å²) in [7, 11) is 0. The first-order chi connectivity index (χ1) is 38.6. The van der Waals surface area contributed by atoms with Crippen LogP contribution in [0.3, 0.4) is 0 Å². The first kappa shape index (κ1) is 72.9. The number of aliphatic hydroxyl groups excluding tert-OH is 2. The van der Waals surface area contributed by atoms with E-state index in [1.165, 1.54) is 128 Å². The zero-order chi connectivity index (χ0) is 57.5. The van der Waals surface area contributed by atoms with E-state index in [0.717, 1.165) is 70.6 Å². The average Bonchev–Trinajstić information content (AvgIpc) is 3.43. The van der Waals surface area contributed by atoms with E-state index >= 15 is 0 Å². The van der Waals surface area contributed by atoms with Gasteiger partial charge in [-0.05, 0) is 83.5 Å². The molecular formula is C67H112O12. The number of carboxylic acids is 1. The van der Waals surface area contributed by atoms with E-state index in [1.54, 1.807) is 0 Å². The smallest absolute Gasteiger partial charge is 0.335 e. The molecule has 3 N–H and O–H groups in total. The van der Waals surface area contributed by atoms with Crippen LogP contribution in [0.25, 0.3) is 0 Å². The Balaban J connectivity index is 2.67. The molecule has 1 aliphatic rings. The summed E-state index contributed by atoms with van der Waals surface area (Å²) in [6.07, 6.45) is 58.5. The van der Waals surface area contributed by atoms with E-state index in [9.17, 15) is 34.5 Å². The molecule has 79 heavy (non-hydrogen) atoms. The highest BCUT2D eigenvalue weighted by molar-refractivity contribution is 5.74. The zero-order valence-corrected chi connectivity index (χ0v) is 49.8. The lowest BCUT2D eigenvalue weighted by molar-refractivity contribution is -0.301. The van der Waals surface area contributed by atoms with Crippen molar-refractivity contribution in [3.05, 3.63) is 85.1 Å². The van der Waals surface area contributed by atoms with E-state index in [1.807, 2.05) is 18.2 Å². The number of carbonyl (C=O) groups is 4. The molecule has 452 valence electrons. The highest BCUT2D eigenvalue weighted by Gasteiger charge is 2.50. The predicted molar refractivity (Wildman–Crippen MR) is 321 cm³/mol. The molecular weight excluding hydrogens is 997 g/mol. The quantitative estimate of drug-likeness (QED) is 0.0228. The van der Waals surface area contributed by atoms with E-state index in [2.05, 4.69) is 87.6 Å². The van der Waals surface area contributed by atoms with Gasteiger partial charge in [0.05, 0.1) is 6.61 Å². The second-order valence-corrected chi connectivity index (χ2v) is 21.3. The summed E-state index contributed by atoms with van der Waals surface area (Å²) in [5.41, 5.74) is 0. The second kappa shape index (κ2) is 54.5. The SMILES string of the molecule is CC/C=C\C/C=C\C/C=C\C/C=C\C/C=C\C/C=C\CCC(=O)OC1C(OCC(COC(=O)CCCCCCCCCCC/C=C\CCCCCCCC)OC(=O)CCCCCCCCCCCCC)OC(C(=O)O)C(O)C1O. The maximum absolute atomic E-state index is 13.1. The van der Waals surface area contributed by atoms with Crippen LogP contribution < -0.4 is 0 Å². The molecule has 6 unspecified atom stereocenters. The Hall–Kier alpha value is -4.10. The number of carbonyl (C=O) groups excluding carboxylic acids is 3. The van der Waals surface area contributed by atoms with Crippen molar-refractivity contribution in [1.82, 2.24) is 0 Å². The largest absolute Gasteiger partial charge is 0.479 e. The lowest BCUT2D eigenvalue weighted by Gasteiger charge is -2.40. The van der Waals surface area contributed by atoms with Gasteiger partial charge in [0.2, 0.25) is 0 Å². The summed E-state index contributed by atoms with van der Waals surface area (Å²) >= 11 is 0. The highest BCUT2D eigenvalue weighted by Crippen LogP contribution is 2.26. The first-order valence-electron chi connectivity index (χ1n) is 31.6. The molecule has 0 saturated carbocycles. The fraction of sp³-hybridized carbons (Fsp3) is 0.731. The van der Waals surface area contributed by atoms with Crippen LogP contribution in [0.1, 0.15) is 265 Å². The van der Waals surface area contributed by atoms with Crippen LogP contribution in [0.15, 0.2) is 85.1 Å². The fourth-order valence-corrected chi connectivity index (χ4v) is 9.15. The van der Waals surface area contributed by atoms with E-state index in [0.29, 0.717) is 25.7 Å². The molecule has 0 spiro atoms. The number of rotatable bonds is 53. The number of unbranched alkanes of at least 4 members (excludes halogenated alkanes) is 25. The summed E-state index contributed by atoms with van der Waals surface area (Å²) in [6.45, 7) is 5.85. The number of aliphatic carboxylic acids is 1. The second-order valence-electron chi connectivity index (χ2n) is 21.3. The van der Waals surface area contributed by atoms with Gasteiger partial charge in [-0.2, -0.15) is 0 Å². The third-order valence-corrected chi connectivity index (χ3v) is 14.0. The van der Waals surface area contributed by atoms with E-state index in [4.69, 9.17) is 23.7 Å². The van der Waals surface area contributed by atoms with Gasteiger partial charge in [0, 0.05) is 19.3 Å². The van der Waals surface area contributed by atoms with Crippen LogP contribution >= 0.6 is 0 Å². The average molecular weight is 1110 g/mol. The van der Waals surface area contributed by atoms with Crippen LogP contribution in [-0.2, 0) is 42.9 Å². The summed E-state index contributed by atoms with van der Waals surface area (Å²) in [6, 6.07) is 0. The van der Waals surface area contributed by atoms with Crippen LogP contribution in [0.2, 0.25) is 0 Å².